The van der Waals surface area contributed by atoms with Crippen LogP contribution in [0.2, 0.25) is 5.02 Å². The topological polar surface area (TPSA) is 51.2 Å². The second-order valence-corrected chi connectivity index (χ2v) is 5.39. The Hall–Kier alpha value is -1.59. The van der Waals surface area contributed by atoms with E-state index in [-0.39, 0.29) is 5.91 Å². The van der Waals surface area contributed by atoms with Gasteiger partial charge in [-0.3, -0.25) is 4.79 Å². The summed E-state index contributed by atoms with van der Waals surface area (Å²) >= 11 is 9.24. The van der Waals surface area contributed by atoms with Crippen LogP contribution in [0.15, 0.2) is 41.0 Å². The number of hydrogen-bond donors (Lipinski definition) is 1. The minimum Gasteiger partial charge on any atom is -0.472 e. The SMILES string of the molecule is O=C1Nc2ncc(Cl)cc2OC1c1cccc(Br)c1. The fourth-order valence-corrected chi connectivity index (χ4v) is 2.42. The molecule has 1 amide bonds. The van der Waals surface area contributed by atoms with Crippen LogP contribution in [0.1, 0.15) is 11.7 Å². The van der Waals surface area contributed by atoms with Crippen LogP contribution in [0.5, 0.6) is 5.75 Å². The van der Waals surface area contributed by atoms with Gasteiger partial charge in [0.15, 0.2) is 11.6 Å². The van der Waals surface area contributed by atoms with E-state index in [1.165, 1.54) is 6.20 Å². The van der Waals surface area contributed by atoms with E-state index in [2.05, 4.69) is 26.2 Å². The molecule has 1 N–H and O–H groups in total. The Morgan fingerprint density at radius 3 is 3.00 bits per heavy atom. The highest BCUT2D eigenvalue weighted by Crippen LogP contribution is 2.35. The number of carbonyl (C=O) groups excluding carboxylic acids is 1. The van der Waals surface area contributed by atoms with Crippen molar-refractivity contribution in [2.24, 2.45) is 0 Å². The van der Waals surface area contributed by atoms with E-state index in [1.54, 1.807) is 6.07 Å². The summed E-state index contributed by atoms with van der Waals surface area (Å²) in [6.07, 6.45) is 0.758. The molecule has 0 spiro atoms. The molecule has 0 fully saturated rings. The normalized spacial score (nSPS) is 17.4. The van der Waals surface area contributed by atoms with Crippen molar-refractivity contribution < 1.29 is 9.53 Å². The molecule has 0 radical (unpaired) electrons. The predicted octanol–water partition coefficient (Wildman–Crippen LogP) is 3.57. The number of aromatic nitrogens is 1. The lowest BCUT2D eigenvalue weighted by atomic mass is 10.1. The number of pyridine rings is 1. The third kappa shape index (κ3) is 2.43. The number of carbonyl (C=O) groups is 1. The zero-order valence-electron chi connectivity index (χ0n) is 9.56. The van der Waals surface area contributed by atoms with E-state index in [1.807, 2.05) is 24.3 Å². The van der Waals surface area contributed by atoms with Crippen molar-refractivity contribution in [2.45, 2.75) is 6.10 Å². The maximum atomic E-state index is 12.0. The van der Waals surface area contributed by atoms with Crippen molar-refractivity contribution in [3.8, 4) is 5.75 Å². The van der Waals surface area contributed by atoms with Gasteiger partial charge in [-0.15, -0.1) is 0 Å². The van der Waals surface area contributed by atoms with E-state index in [4.69, 9.17) is 16.3 Å². The molecule has 3 rings (SSSR count). The molecule has 1 unspecified atom stereocenters. The number of nitrogens with zero attached hydrogens (tertiary/aromatic N) is 1. The van der Waals surface area contributed by atoms with E-state index in [0.29, 0.717) is 16.6 Å². The first kappa shape index (κ1) is 12.4. The molecule has 2 aromatic rings. The molecule has 0 aliphatic carbocycles. The lowest BCUT2D eigenvalue weighted by molar-refractivity contribution is -0.123. The standard InChI is InChI=1S/C13H8BrClN2O2/c14-8-3-1-2-7(4-8)11-13(18)17-12-10(19-11)5-9(15)6-16-12/h1-6,11H,(H,16,17,18). The zero-order valence-corrected chi connectivity index (χ0v) is 11.9. The minimum atomic E-state index is -0.703. The van der Waals surface area contributed by atoms with Crippen molar-refractivity contribution >= 4 is 39.3 Å². The third-order valence-corrected chi connectivity index (χ3v) is 3.40. The summed E-state index contributed by atoms with van der Waals surface area (Å²) in [4.78, 5) is 16.0. The maximum absolute atomic E-state index is 12.0. The van der Waals surface area contributed by atoms with Crippen LogP contribution >= 0.6 is 27.5 Å². The molecular weight excluding hydrogens is 332 g/mol. The molecule has 96 valence electrons. The van der Waals surface area contributed by atoms with Crippen LogP contribution in [0.25, 0.3) is 0 Å². The van der Waals surface area contributed by atoms with Crippen molar-refractivity contribution in [3.05, 3.63) is 51.6 Å². The molecule has 2 heterocycles. The summed E-state index contributed by atoms with van der Waals surface area (Å²) in [6, 6.07) is 9.04. The summed E-state index contributed by atoms with van der Waals surface area (Å²) < 4.78 is 6.57. The number of ether oxygens (including phenoxy) is 1. The maximum Gasteiger partial charge on any atom is 0.271 e. The second-order valence-electron chi connectivity index (χ2n) is 4.04. The van der Waals surface area contributed by atoms with E-state index >= 15 is 0 Å². The number of fused-ring (bicyclic) bond motifs is 1. The van der Waals surface area contributed by atoms with Gasteiger partial charge in [0.05, 0.1) is 5.02 Å². The summed E-state index contributed by atoms with van der Waals surface area (Å²) in [7, 11) is 0. The molecule has 19 heavy (non-hydrogen) atoms. The van der Waals surface area contributed by atoms with Crippen LogP contribution in [0.4, 0.5) is 5.82 Å². The first-order valence-electron chi connectivity index (χ1n) is 5.52. The van der Waals surface area contributed by atoms with E-state index in [0.717, 1.165) is 10.0 Å². The molecule has 4 nitrogen and oxygen atoms in total. The van der Waals surface area contributed by atoms with Crippen LogP contribution in [-0.2, 0) is 4.79 Å². The Labute approximate surface area is 122 Å². The second kappa shape index (κ2) is 4.83. The number of amides is 1. The van der Waals surface area contributed by atoms with E-state index < -0.39 is 6.10 Å². The van der Waals surface area contributed by atoms with Crippen molar-refractivity contribution in [3.63, 3.8) is 0 Å². The van der Waals surface area contributed by atoms with Crippen molar-refractivity contribution in [1.29, 1.82) is 0 Å². The highest BCUT2D eigenvalue weighted by Gasteiger charge is 2.30. The molecule has 0 saturated heterocycles. The summed E-state index contributed by atoms with van der Waals surface area (Å²) in [5.74, 6) is 0.609. The minimum absolute atomic E-state index is 0.250. The molecule has 1 aliphatic rings. The number of benzene rings is 1. The molecule has 0 saturated carbocycles. The smallest absolute Gasteiger partial charge is 0.271 e. The number of nitrogens with one attached hydrogen (secondary N) is 1. The molecule has 1 aromatic heterocycles. The molecular formula is C13H8BrClN2O2. The lowest BCUT2D eigenvalue weighted by Gasteiger charge is -2.25. The monoisotopic (exact) mass is 338 g/mol. The van der Waals surface area contributed by atoms with Crippen LogP contribution in [-0.4, -0.2) is 10.9 Å². The average molecular weight is 340 g/mol. The van der Waals surface area contributed by atoms with Gasteiger partial charge in [0, 0.05) is 22.3 Å². The van der Waals surface area contributed by atoms with Crippen molar-refractivity contribution in [2.75, 3.05) is 5.32 Å². The molecule has 1 atom stereocenters. The largest absolute Gasteiger partial charge is 0.472 e. The van der Waals surface area contributed by atoms with E-state index in [9.17, 15) is 4.79 Å². The van der Waals surface area contributed by atoms with Crippen LogP contribution < -0.4 is 10.1 Å². The van der Waals surface area contributed by atoms with Gasteiger partial charge >= 0.3 is 0 Å². The highest BCUT2D eigenvalue weighted by molar-refractivity contribution is 9.10. The number of anilines is 1. The first-order chi connectivity index (χ1) is 9.13. The molecule has 0 bridgehead atoms. The van der Waals surface area contributed by atoms with Gasteiger partial charge in [0.1, 0.15) is 0 Å². The van der Waals surface area contributed by atoms with Gasteiger partial charge in [0.2, 0.25) is 6.10 Å². The fraction of sp³-hybridized carbons (Fsp3) is 0.0769. The molecule has 1 aromatic carbocycles. The Bertz CT molecular complexity index is 663. The number of rotatable bonds is 1. The Morgan fingerprint density at radius 2 is 2.21 bits per heavy atom. The average Bonchev–Trinajstić information content (AvgIpc) is 2.38. The zero-order chi connectivity index (χ0) is 13.4. The Kier molecular flexibility index (Phi) is 3.16. The summed E-state index contributed by atoms with van der Waals surface area (Å²) in [5.41, 5.74) is 0.762. The van der Waals surface area contributed by atoms with Crippen LogP contribution in [0, 0.1) is 0 Å². The molecule has 6 heteroatoms. The van der Waals surface area contributed by atoms with Crippen LogP contribution in [0.3, 0.4) is 0 Å². The number of hydrogen-bond acceptors (Lipinski definition) is 3. The first-order valence-corrected chi connectivity index (χ1v) is 6.69. The number of halogens is 2. The summed E-state index contributed by atoms with van der Waals surface area (Å²) in [6.45, 7) is 0. The lowest BCUT2D eigenvalue weighted by Crippen LogP contribution is -2.30. The summed E-state index contributed by atoms with van der Waals surface area (Å²) in [5, 5.41) is 3.17. The van der Waals surface area contributed by atoms with Gasteiger partial charge in [-0.25, -0.2) is 4.98 Å². The van der Waals surface area contributed by atoms with Gasteiger partial charge < -0.3 is 10.1 Å². The third-order valence-electron chi connectivity index (χ3n) is 2.70. The Balaban J connectivity index is 1.99. The van der Waals surface area contributed by atoms with Gasteiger partial charge in [0.25, 0.3) is 5.91 Å². The Morgan fingerprint density at radius 1 is 1.37 bits per heavy atom. The van der Waals surface area contributed by atoms with Gasteiger partial charge in [-0.05, 0) is 12.1 Å². The quantitative estimate of drug-likeness (QED) is 0.864. The molecule has 1 aliphatic heterocycles. The van der Waals surface area contributed by atoms with Gasteiger partial charge in [-0.2, -0.15) is 0 Å². The fourth-order valence-electron chi connectivity index (χ4n) is 1.86. The predicted molar refractivity (Wildman–Crippen MR) is 75.4 cm³/mol. The highest BCUT2D eigenvalue weighted by atomic mass is 79.9. The van der Waals surface area contributed by atoms with Crippen molar-refractivity contribution in [1.82, 2.24) is 4.98 Å². The van der Waals surface area contributed by atoms with Gasteiger partial charge in [-0.1, -0.05) is 39.7 Å².